The molecule has 0 aliphatic carbocycles. The highest BCUT2D eigenvalue weighted by atomic mass is 32.1. The van der Waals surface area contributed by atoms with Crippen molar-refractivity contribution in [3.05, 3.63) is 34.5 Å². The van der Waals surface area contributed by atoms with E-state index in [2.05, 4.69) is 12.3 Å². The molecule has 0 radical (unpaired) electrons. The average Bonchev–Trinajstić information content (AvgIpc) is 2.83. The van der Waals surface area contributed by atoms with Gasteiger partial charge in [0.1, 0.15) is 10.7 Å². The van der Waals surface area contributed by atoms with Crippen LogP contribution < -0.4 is 11.3 Å². The van der Waals surface area contributed by atoms with Crippen molar-refractivity contribution < 1.29 is 13.9 Å². The van der Waals surface area contributed by atoms with Gasteiger partial charge in [-0.2, -0.15) is 0 Å². The molecular weight excluding hydrogens is 279 g/mol. The number of nitrogens with two attached hydrogens (primary N) is 1. The zero-order valence-corrected chi connectivity index (χ0v) is 12.1. The second-order valence-corrected chi connectivity index (χ2v) is 5.45. The van der Waals surface area contributed by atoms with E-state index < -0.39 is 5.91 Å². The summed E-state index contributed by atoms with van der Waals surface area (Å²) >= 11 is 1.22. The number of rotatable bonds is 6. The number of thiophene rings is 1. The van der Waals surface area contributed by atoms with Gasteiger partial charge in [-0.25, -0.2) is 10.2 Å². The number of benzene rings is 1. The molecule has 0 unspecified atom stereocenters. The Hall–Kier alpha value is -1.50. The molecule has 0 aliphatic rings. The molecule has 0 fully saturated rings. The molecule has 2 aromatic rings. The molecule has 1 heterocycles. The van der Waals surface area contributed by atoms with Gasteiger partial charge in [0.15, 0.2) is 0 Å². The molecule has 2 rings (SSSR count). The van der Waals surface area contributed by atoms with Crippen LogP contribution in [0.1, 0.15) is 35.0 Å². The fourth-order valence-corrected chi connectivity index (χ4v) is 3.10. The van der Waals surface area contributed by atoms with Crippen molar-refractivity contribution in [2.45, 2.75) is 26.4 Å². The molecule has 0 bridgehead atoms. The predicted octanol–water partition coefficient (Wildman–Crippen LogP) is 2.96. The van der Waals surface area contributed by atoms with E-state index in [1.54, 1.807) is 12.1 Å². The number of hydrazine groups is 1. The van der Waals surface area contributed by atoms with Crippen molar-refractivity contribution in [2.75, 3.05) is 6.61 Å². The van der Waals surface area contributed by atoms with Gasteiger partial charge in [0.2, 0.25) is 0 Å². The fourth-order valence-electron chi connectivity index (χ4n) is 1.97. The van der Waals surface area contributed by atoms with Gasteiger partial charge in [-0.1, -0.05) is 19.4 Å². The predicted molar refractivity (Wildman–Crippen MR) is 78.0 cm³/mol. The van der Waals surface area contributed by atoms with Crippen LogP contribution >= 0.6 is 11.3 Å². The van der Waals surface area contributed by atoms with Crippen molar-refractivity contribution in [1.29, 1.82) is 0 Å². The van der Waals surface area contributed by atoms with Gasteiger partial charge in [-0.3, -0.25) is 10.2 Å². The Morgan fingerprint density at radius 1 is 1.50 bits per heavy atom. The van der Waals surface area contributed by atoms with Crippen molar-refractivity contribution in [2.24, 2.45) is 5.84 Å². The largest absolute Gasteiger partial charge is 0.377 e. The maximum Gasteiger partial charge on any atom is 0.275 e. The Labute approximate surface area is 120 Å². The maximum atomic E-state index is 14.0. The van der Waals surface area contributed by atoms with Crippen LogP contribution in [-0.2, 0) is 11.3 Å². The standard InChI is InChI=1S/C14H17FN2O2S/c1-2-3-7-19-8-9-12-10(15)5-4-6-11(12)20-13(9)14(18)17-16/h4-6H,2-3,7-8,16H2,1H3,(H,17,18). The summed E-state index contributed by atoms with van der Waals surface area (Å²) in [5.41, 5.74) is 2.67. The lowest BCUT2D eigenvalue weighted by Crippen LogP contribution is -2.30. The highest BCUT2D eigenvalue weighted by Crippen LogP contribution is 2.33. The zero-order valence-electron chi connectivity index (χ0n) is 11.2. The van der Waals surface area contributed by atoms with E-state index in [1.807, 2.05) is 0 Å². The summed E-state index contributed by atoms with van der Waals surface area (Å²) in [5, 5.41) is 0.451. The third-order valence-electron chi connectivity index (χ3n) is 2.99. The quantitative estimate of drug-likeness (QED) is 0.373. The van der Waals surface area contributed by atoms with E-state index in [0.717, 1.165) is 17.5 Å². The highest BCUT2D eigenvalue weighted by Gasteiger charge is 2.20. The first-order valence-electron chi connectivity index (χ1n) is 6.47. The number of unbranched alkanes of at least 4 members (excludes halogenated alkanes) is 1. The molecule has 4 nitrogen and oxygen atoms in total. The van der Waals surface area contributed by atoms with Crippen molar-refractivity contribution in [3.8, 4) is 0 Å². The SMILES string of the molecule is CCCCOCc1c(C(=O)NN)sc2cccc(F)c12. The van der Waals surface area contributed by atoms with Gasteiger partial charge in [-0.05, 0) is 18.6 Å². The number of carbonyl (C=O) groups excluding carboxylic acids is 1. The topological polar surface area (TPSA) is 64.3 Å². The molecule has 0 saturated heterocycles. The minimum atomic E-state index is -0.417. The van der Waals surface area contributed by atoms with Crippen molar-refractivity contribution >= 4 is 27.3 Å². The Kier molecular flexibility index (Phi) is 5.05. The van der Waals surface area contributed by atoms with Crippen LogP contribution in [0.2, 0.25) is 0 Å². The monoisotopic (exact) mass is 296 g/mol. The molecule has 0 saturated carbocycles. The summed E-state index contributed by atoms with van der Waals surface area (Å²) in [5.74, 6) is 4.42. The number of halogens is 1. The minimum absolute atomic E-state index is 0.212. The van der Waals surface area contributed by atoms with E-state index >= 15 is 0 Å². The first kappa shape index (κ1) is 14.9. The lowest BCUT2D eigenvalue weighted by molar-refractivity contribution is 0.0944. The number of hydrogen-bond donors (Lipinski definition) is 2. The Morgan fingerprint density at radius 2 is 2.30 bits per heavy atom. The Bertz CT molecular complexity index is 612. The van der Waals surface area contributed by atoms with Crippen LogP contribution in [0.25, 0.3) is 10.1 Å². The van der Waals surface area contributed by atoms with Crippen LogP contribution in [0.3, 0.4) is 0 Å². The van der Waals surface area contributed by atoms with Crippen LogP contribution in [0.15, 0.2) is 18.2 Å². The van der Waals surface area contributed by atoms with E-state index in [-0.39, 0.29) is 12.4 Å². The number of hydrogen-bond acceptors (Lipinski definition) is 4. The van der Waals surface area contributed by atoms with Gasteiger partial charge >= 0.3 is 0 Å². The molecule has 20 heavy (non-hydrogen) atoms. The van der Waals surface area contributed by atoms with Gasteiger partial charge in [0.05, 0.1) is 6.61 Å². The number of nitrogens with one attached hydrogen (secondary N) is 1. The number of fused-ring (bicyclic) bond motifs is 1. The third kappa shape index (κ3) is 2.98. The molecule has 3 N–H and O–H groups in total. The van der Waals surface area contributed by atoms with Gasteiger partial charge in [0, 0.05) is 22.3 Å². The molecule has 0 aliphatic heterocycles. The molecule has 1 aromatic carbocycles. The highest BCUT2D eigenvalue weighted by molar-refractivity contribution is 7.21. The second-order valence-electron chi connectivity index (χ2n) is 4.40. The van der Waals surface area contributed by atoms with Gasteiger partial charge in [0.25, 0.3) is 5.91 Å². The van der Waals surface area contributed by atoms with Gasteiger partial charge < -0.3 is 4.74 Å². The molecule has 0 spiro atoms. The van der Waals surface area contributed by atoms with E-state index in [0.29, 0.717) is 22.4 Å². The zero-order chi connectivity index (χ0) is 14.5. The van der Waals surface area contributed by atoms with Crippen LogP contribution in [0, 0.1) is 5.82 Å². The van der Waals surface area contributed by atoms with Crippen LogP contribution in [0.5, 0.6) is 0 Å². The first-order chi connectivity index (χ1) is 9.69. The minimum Gasteiger partial charge on any atom is -0.377 e. The number of carbonyl (C=O) groups is 1. The molecular formula is C14H17FN2O2S. The first-order valence-corrected chi connectivity index (χ1v) is 7.29. The van der Waals surface area contributed by atoms with Crippen molar-refractivity contribution in [3.63, 3.8) is 0 Å². The Morgan fingerprint density at radius 3 is 3.00 bits per heavy atom. The number of nitrogen functional groups attached to an aromatic ring is 1. The van der Waals surface area contributed by atoms with Gasteiger partial charge in [-0.15, -0.1) is 11.3 Å². The van der Waals surface area contributed by atoms with Crippen molar-refractivity contribution in [1.82, 2.24) is 5.43 Å². The van der Waals surface area contributed by atoms with E-state index in [4.69, 9.17) is 10.6 Å². The molecule has 1 amide bonds. The Balaban J connectivity index is 2.38. The summed E-state index contributed by atoms with van der Waals surface area (Å²) in [4.78, 5) is 12.2. The van der Waals surface area contributed by atoms with Crippen LogP contribution in [0.4, 0.5) is 4.39 Å². The summed E-state index contributed by atoms with van der Waals surface area (Å²) < 4.78 is 20.2. The van der Waals surface area contributed by atoms with E-state index in [1.165, 1.54) is 17.4 Å². The summed E-state index contributed by atoms with van der Waals surface area (Å²) in [6.45, 7) is 2.87. The normalized spacial score (nSPS) is 10.9. The average molecular weight is 296 g/mol. The third-order valence-corrected chi connectivity index (χ3v) is 4.19. The smallest absolute Gasteiger partial charge is 0.275 e. The number of ether oxygens (including phenoxy) is 1. The van der Waals surface area contributed by atoms with E-state index in [9.17, 15) is 9.18 Å². The molecule has 108 valence electrons. The fraction of sp³-hybridized carbons (Fsp3) is 0.357. The maximum absolute atomic E-state index is 14.0. The molecule has 6 heteroatoms. The van der Waals surface area contributed by atoms with Crippen LogP contribution in [-0.4, -0.2) is 12.5 Å². The summed E-state index contributed by atoms with van der Waals surface area (Å²) in [6.07, 6.45) is 1.96. The second kappa shape index (κ2) is 6.78. The summed E-state index contributed by atoms with van der Waals surface area (Å²) in [6, 6.07) is 4.79. The molecule has 0 atom stereocenters. The lowest BCUT2D eigenvalue weighted by Gasteiger charge is -2.06. The lowest BCUT2D eigenvalue weighted by atomic mass is 10.1. The summed E-state index contributed by atoms with van der Waals surface area (Å²) in [7, 11) is 0. The number of amides is 1. The molecule has 1 aromatic heterocycles.